The highest BCUT2D eigenvalue weighted by molar-refractivity contribution is 5.65. The third kappa shape index (κ3) is 27.3. The zero-order valence-corrected chi connectivity index (χ0v) is 19.1. The molecule has 0 atom stereocenters. The molecule has 0 aromatic heterocycles. The van der Waals surface area contributed by atoms with Gasteiger partial charge in [-0.05, 0) is 6.42 Å². The number of esters is 1. The van der Waals surface area contributed by atoms with E-state index in [1.54, 1.807) is 0 Å². The number of rotatable bonds is 24. The van der Waals surface area contributed by atoms with E-state index in [0.29, 0.717) is 46.2 Å². The Morgan fingerprint density at radius 1 is 0.483 bits per heavy atom. The third-order valence-corrected chi connectivity index (χ3v) is 4.54. The van der Waals surface area contributed by atoms with Crippen molar-refractivity contribution in [3.63, 3.8) is 0 Å². The van der Waals surface area contributed by atoms with E-state index in [4.69, 9.17) is 23.7 Å². The maximum Gasteiger partial charge on any atom is 0.302 e. The van der Waals surface area contributed by atoms with Gasteiger partial charge in [-0.15, -0.1) is 0 Å². The Bertz CT molecular complexity index is 324. The zero-order valence-electron chi connectivity index (χ0n) is 19.1. The predicted molar refractivity (Wildman–Crippen MR) is 116 cm³/mol. The minimum absolute atomic E-state index is 0.287. The van der Waals surface area contributed by atoms with Crippen molar-refractivity contribution in [2.75, 3.05) is 59.5 Å². The standard InChI is InChI=1S/C23H46O6/c1-3-4-5-6-7-8-9-10-11-12-13-14-25-15-16-26-17-18-27-19-20-28-21-22-29-23(2)24/h3-22H2,1-2H3. The molecular weight excluding hydrogens is 372 g/mol. The van der Waals surface area contributed by atoms with Crippen LogP contribution < -0.4 is 0 Å². The van der Waals surface area contributed by atoms with Gasteiger partial charge in [0, 0.05) is 13.5 Å². The van der Waals surface area contributed by atoms with Crippen molar-refractivity contribution in [1.82, 2.24) is 0 Å². The van der Waals surface area contributed by atoms with Crippen molar-refractivity contribution in [2.45, 2.75) is 84.5 Å². The SMILES string of the molecule is CCCCCCCCCCCCCOCCOCCOCCOCCOC(C)=O. The predicted octanol–water partition coefficient (Wildman–Crippen LogP) is 4.93. The Morgan fingerprint density at radius 2 is 0.828 bits per heavy atom. The lowest BCUT2D eigenvalue weighted by molar-refractivity contribution is -0.142. The minimum atomic E-state index is -0.287. The van der Waals surface area contributed by atoms with Crippen LogP contribution in [0.5, 0.6) is 0 Å². The van der Waals surface area contributed by atoms with E-state index in [0.717, 1.165) is 13.0 Å². The van der Waals surface area contributed by atoms with Gasteiger partial charge in [-0.1, -0.05) is 71.1 Å². The largest absolute Gasteiger partial charge is 0.463 e. The van der Waals surface area contributed by atoms with Crippen LogP contribution in [0.15, 0.2) is 0 Å². The maximum atomic E-state index is 10.5. The molecule has 0 N–H and O–H groups in total. The molecule has 0 spiro atoms. The molecule has 0 aliphatic heterocycles. The molecule has 0 fully saturated rings. The first-order chi connectivity index (χ1) is 14.3. The maximum absolute atomic E-state index is 10.5. The molecule has 0 saturated carbocycles. The van der Waals surface area contributed by atoms with Crippen LogP contribution >= 0.6 is 0 Å². The van der Waals surface area contributed by atoms with Crippen LogP contribution in [0, 0.1) is 0 Å². The molecule has 0 aromatic carbocycles. The van der Waals surface area contributed by atoms with Crippen LogP contribution in [-0.4, -0.2) is 65.4 Å². The summed E-state index contributed by atoms with van der Waals surface area (Å²) in [6, 6.07) is 0. The lowest BCUT2D eigenvalue weighted by atomic mass is 10.1. The summed E-state index contributed by atoms with van der Waals surface area (Å²) < 4.78 is 26.5. The average Bonchev–Trinajstić information content (AvgIpc) is 2.71. The second-order valence-electron chi connectivity index (χ2n) is 7.33. The summed E-state index contributed by atoms with van der Waals surface area (Å²) in [4.78, 5) is 10.5. The quantitative estimate of drug-likeness (QED) is 0.164. The summed E-state index contributed by atoms with van der Waals surface area (Å²) in [6.45, 7) is 8.55. The van der Waals surface area contributed by atoms with E-state index in [-0.39, 0.29) is 12.6 Å². The minimum Gasteiger partial charge on any atom is -0.463 e. The summed E-state index contributed by atoms with van der Waals surface area (Å²) in [5, 5.41) is 0. The van der Waals surface area contributed by atoms with Crippen molar-refractivity contribution in [2.24, 2.45) is 0 Å². The molecule has 6 heteroatoms. The molecule has 0 rings (SSSR count). The molecule has 174 valence electrons. The van der Waals surface area contributed by atoms with E-state index < -0.39 is 0 Å². The van der Waals surface area contributed by atoms with Crippen LogP contribution in [0.2, 0.25) is 0 Å². The van der Waals surface area contributed by atoms with Crippen LogP contribution in [-0.2, 0) is 28.5 Å². The number of hydrogen-bond acceptors (Lipinski definition) is 6. The molecule has 0 aliphatic rings. The van der Waals surface area contributed by atoms with Gasteiger partial charge in [0.05, 0.1) is 46.2 Å². The first-order valence-corrected chi connectivity index (χ1v) is 11.7. The fourth-order valence-corrected chi connectivity index (χ4v) is 2.87. The fraction of sp³-hybridized carbons (Fsp3) is 0.957. The zero-order chi connectivity index (χ0) is 21.3. The molecular formula is C23H46O6. The summed E-state index contributed by atoms with van der Waals surface area (Å²) >= 11 is 0. The van der Waals surface area contributed by atoms with Crippen molar-refractivity contribution in [3.05, 3.63) is 0 Å². The van der Waals surface area contributed by atoms with E-state index in [2.05, 4.69) is 6.92 Å². The number of carbonyl (C=O) groups excluding carboxylic acids is 1. The summed E-state index contributed by atoms with van der Waals surface area (Å²) in [5.74, 6) is -0.287. The highest BCUT2D eigenvalue weighted by atomic mass is 16.6. The van der Waals surface area contributed by atoms with Gasteiger partial charge in [-0.25, -0.2) is 0 Å². The second-order valence-corrected chi connectivity index (χ2v) is 7.33. The van der Waals surface area contributed by atoms with E-state index in [1.807, 2.05) is 0 Å². The summed E-state index contributed by atoms with van der Waals surface area (Å²) in [5.41, 5.74) is 0. The van der Waals surface area contributed by atoms with Crippen molar-refractivity contribution >= 4 is 5.97 Å². The molecule has 0 heterocycles. The Balaban J connectivity index is 2.99. The molecule has 0 amide bonds. The number of ether oxygens (including phenoxy) is 5. The molecule has 6 nitrogen and oxygen atoms in total. The van der Waals surface area contributed by atoms with Gasteiger partial charge in [-0.3, -0.25) is 4.79 Å². The van der Waals surface area contributed by atoms with Gasteiger partial charge in [0.25, 0.3) is 0 Å². The van der Waals surface area contributed by atoms with Gasteiger partial charge >= 0.3 is 5.97 Å². The van der Waals surface area contributed by atoms with Crippen molar-refractivity contribution < 1.29 is 28.5 Å². The monoisotopic (exact) mass is 418 g/mol. The van der Waals surface area contributed by atoms with Gasteiger partial charge in [0.2, 0.25) is 0 Å². The Kier molecular flexibility index (Phi) is 24.7. The van der Waals surface area contributed by atoms with Crippen LogP contribution in [0.1, 0.15) is 84.5 Å². The Hall–Kier alpha value is -0.690. The molecule has 29 heavy (non-hydrogen) atoms. The van der Waals surface area contributed by atoms with Crippen molar-refractivity contribution in [1.29, 1.82) is 0 Å². The van der Waals surface area contributed by atoms with Gasteiger partial charge < -0.3 is 23.7 Å². The lowest BCUT2D eigenvalue weighted by Gasteiger charge is -2.07. The smallest absolute Gasteiger partial charge is 0.302 e. The van der Waals surface area contributed by atoms with Crippen LogP contribution in [0.4, 0.5) is 0 Å². The molecule has 0 unspecified atom stereocenters. The van der Waals surface area contributed by atoms with Crippen LogP contribution in [0.3, 0.4) is 0 Å². The molecule has 0 saturated heterocycles. The third-order valence-electron chi connectivity index (χ3n) is 4.54. The number of hydrogen-bond donors (Lipinski definition) is 0. The molecule has 0 aliphatic carbocycles. The number of carbonyl (C=O) groups is 1. The van der Waals surface area contributed by atoms with Crippen molar-refractivity contribution in [3.8, 4) is 0 Å². The van der Waals surface area contributed by atoms with Gasteiger partial charge in [0.1, 0.15) is 6.61 Å². The Morgan fingerprint density at radius 3 is 1.24 bits per heavy atom. The lowest BCUT2D eigenvalue weighted by Crippen LogP contribution is -2.13. The fourth-order valence-electron chi connectivity index (χ4n) is 2.87. The molecule has 0 radical (unpaired) electrons. The van der Waals surface area contributed by atoms with Crippen LogP contribution in [0.25, 0.3) is 0 Å². The highest BCUT2D eigenvalue weighted by Gasteiger charge is 1.96. The van der Waals surface area contributed by atoms with Gasteiger partial charge in [-0.2, -0.15) is 0 Å². The average molecular weight is 419 g/mol. The molecule has 0 bridgehead atoms. The molecule has 0 aromatic rings. The highest BCUT2D eigenvalue weighted by Crippen LogP contribution is 2.11. The first kappa shape index (κ1) is 28.3. The van der Waals surface area contributed by atoms with E-state index in [9.17, 15) is 4.79 Å². The van der Waals surface area contributed by atoms with Gasteiger partial charge in [0.15, 0.2) is 0 Å². The topological polar surface area (TPSA) is 63.2 Å². The summed E-state index contributed by atoms with van der Waals surface area (Å²) in [6.07, 6.45) is 14.9. The first-order valence-electron chi connectivity index (χ1n) is 11.7. The Labute approximate surface area is 178 Å². The van der Waals surface area contributed by atoms with E-state index in [1.165, 1.54) is 71.1 Å². The summed E-state index contributed by atoms with van der Waals surface area (Å²) in [7, 11) is 0. The second kappa shape index (κ2) is 25.3. The van der Waals surface area contributed by atoms with E-state index >= 15 is 0 Å². The normalized spacial score (nSPS) is 11.1. The number of unbranched alkanes of at least 4 members (excludes halogenated alkanes) is 10.